The Morgan fingerprint density at radius 1 is 1.00 bits per heavy atom. The SMILES string of the molecule is COc1cc(C)c(S(=O)(=O)N2CCCCC2COCC(=O)N2CCC(N3CCn4cccc4C3)CC2)c(C)c1. The van der Waals surface area contributed by atoms with Gasteiger partial charge in [0.15, 0.2) is 0 Å². The first-order valence-corrected chi connectivity index (χ1v) is 15.6. The highest BCUT2D eigenvalue weighted by Gasteiger charge is 2.36. The van der Waals surface area contributed by atoms with Crippen LogP contribution in [-0.2, 0) is 32.6 Å². The van der Waals surface area contributed by atoms with Gasteiger partial charge in [-0.25, -0.2) is 8.42 Å². The summed E-state index contributed by atoms with van der Waals surface area (Å²) in [5, 5.41) is 0. The second-order valence-corrected chi connectivity index (χ2v) is 13.0. The largest absolute Gasteiger partial charge is 0.497 e. The van der Waals surface area contributed by atoms with Crippen molar-refractivity contribution in [2.45, 2.75) is 76.0 Å². The molecule has 2 saturated heterocycles. The third-order valence-electron chi connectivity index (χ3n) is 8.60. The van der Waals surface area contributed by atoms with Crippen LogP contribution in [0, 0.1) is 13.8 Å². The van der Waals surface area contributed by atoms with Crippen molar-refractivity contribution >= 4 is 15.9 Å². The molecule has 1 atom stereocenters. The van der Waals surface area contributed by atoms with Gasteiger partial charge < -0.3 is 18.9 Å². The Balaban J connectivity index is 1.13. The number of ether oxygens (including phenoxy) is 2. The molecule has 39 heavy (non-hydrogen) atoms. The molecule has 2 aromatic rings. The van der Waals surface area contributed by atoms with Gasteiger partial charge in [-0.3, -0.25) is 9.69 Å². The Morgan fingerprint density at radius 2 is 1.74 bits per heavy atom. The lowest BCUT2D eigenvalue weighted by Gasteiger charge is -2.40. The lowest BCUT2D eigenvalue weighted by molar-refractivity contribution is -0.138. The molecule has 2 fully saturated rings. The number of aryl methyl sites for hydroxylation is 2. The fourth-order valence-electron chi connectivity index (χ4n) is 6.51. The molecule has 0 aliphatic carbocycles. The number of carbonyl (C=O) groups excluding carboxylic acids is 1. The van der Waals surface area contributed by atoms with Crippen LogP contribution in [0.25, 0.3) is 0 Å². The van der Waals surface area contributed by atoms with Gasteiger partial charge in [0, 0.05) is 63.2 Å². The molecule has 1 aromatic heterocycles. The van der Waals surface area contributed by atoms with Crippen molar-refractivity contribution in [1.29, 1.82) is 0 Å². The zero-order chi connectivity index (χ0) is 27.6. The predicted molar refractivity (Wildman–Crippen MR) is 149 cm³/mol. The third kappa shape index (κ3) is 6.04. The van der Waals surface area contributed by atoms with Gasteiger partial charge in [0.2, 0.25) is 15.9 Å². The zero-order valence-corrected chi connectivity index (χ0v) is 24.3. The number of aromatic nitrogens is 1. The van der Waals surface area contributed by atoms with E-state index in [4.69, 9.17) is 9.47 Å². The monoisotopic (exact) mass is 558 g/mol. The molecule has 10 heteroatoms. The van der Waals surface area contributed by atoms with E-state index in [2.05, 4.69) is 27.8 Å². The number of hydrogen-bond donors (Lipinski definition) is 0. The van der Waals surface area contributed by atoms with Crippen molar-refractivity contribution < 1.29 is 22.7 Å². The fourth-order valence-corrected chi connectivity index (χ4v) is 8.60. The van der Waals surface area contributed by atoms with Crippen molar-refractivity contribution in [3.05, 3.63) is 47.3 Å². The minimum atomic E-state index is -3.70. The number of piperidine rings is 2. The quantitative estimate of drug-likeness (QED) is 0.495. The molecule has 5 rings (SSSR count). The van der Waals surface area contributed by atoms with Crippen LogP contribution in [0.5, 0.6) is 5.75 Å². The summed E-state index contributed by atoms with van der Waals surface area (Å²) in [7, 11) is -2.12. The van der Waals surface area contributed by atoms with E-state index in [1.807, 2.05) is 18.7 Å². The highest BCUT2D eigenvalue weighted by Crippen LogP contribution is 2.32. The molecule has 1 aromatic carbocycles. The predicted octanol–water partition coefficient (Wildman–Crippen LogP) is 3.18. The standard InChI is InChI=1S/C29H42N4O5S/c1-22-17-27(37-3)18-23(2)29(22)39(35,36)33-12-5-4-7-26(33)20-38-21-28(34)31-13-9-24(10-14-31)32-16-15-30-11-6-8-25(30)19-32/h6,8,11,17-18,24,26H,4-5,7,9-10,12-16,19-21H2,1-3H3. The number of methoxy groups -OCH3 is 1. The summed E-state index contributed by atoms with van der Waals surface area (Å²) in [6.07, 6.45) is 6.59. The zero-order valence-electron chi connectivity index (χ0n) is 23.5. The molecule has 1 unspecified atom stereocenters. The Hall–Kier alpha value is -2.40. The number of sulfonamides is 1. The summed E-state index contributed by atoms with van der Waals surface area (Å²) >= 11 is 0. The van der Waals surface area contributed by atoms with Gasteiger partial charge in [-0.1, -0.05) is 6.42 Å². The van der Waals surface area contributed by atoms with Crippen LogP contribution in [0.3, 0.4) is 0 Å². The van der Waals surface area contributed by atoms with Crippen molar-refractivity contribution in [3.63, 3.8) is 0 Å². The Labute approximate surface area is 232 Å². The van der Waals surface area contributed by atoms with Crippen LogP contribution in [0.2, 0.25) is 0 Å². The van der Waals surface area contributed by atoms with Crippen LogP contribution >= 0.6 is 0 Å². The van der Waals surface area contributed by atoms with Gasteiger partial charge in [0.1, 0.15) is 12.4 Å². The minimum absolute atomic E-state index is 0.00645. The second kappa shape index (κ2) is 12.0. The van der Waals surface area contributed by atoms with Crippen LogP contribution < -0.4 is 4.74 Å². The second-order valence-electron chi connectivity index (χ2n) is 11.1. The van der Waals surface area contributed by atoms with Crippen molar-refractivity contribution in [1.82, 2.24) is 18.7 Å². The maximum absolute atomic E-state index is 13.7. The Morgan fingerprint density at radius 3 is 2.46 bits per heavy atom. The molecule has 214 valence electrons. The molecule has 0 saturated carbocycles. The maximum atomic E-state index is 13.7. The van der Waals surface area contributed by atoms with Gasteiger partial charge in [0.05, 0.1) is 18.6 Å². The van der Waals surface area contributed by atoms with Gasteiger partial charge in [-0.15, -0.1) is 0 Å². The van der Waals surface area contributed by atoms with Gasteiger partial charge >= 0.3 is 0 Å². The van der Waals surface area contributed by atoms with Gasteiger partial charge in [0.25, 0.3) is 0 Å². The third-order valence-corrected chi connectivity index (χ3v) is 10.9. The van der Waals surface area contributed by atoms with E-state index < -0.39 is 10.0 Å². The number of hydrogen-bond acceptors (Lipinski definition) is 6. The van der Waals surface area contributed by atoms with E-state index in [-0.39, 0.29) is 25.2 Å². The van der Waals surface area contributed by atoms with E-state index in [0.717, 1.165) is 64.8 Å². The summed E-state index contributed by atoms with van der Waals surface area (Å²) < 4.78 is 42.6. The van der Waals surface area contributed by atoms with Crippen LogP contribution in [-0.4, -0.2) is 91.6 Å². The van der Waals surface area contributed by atoms with Crippen molar-refractivity contribution in [3.8, 4) is 5.75 Å². The topological polar surface area (TPSA) is 84.3 Å². The van der Waals surface area contributed by atoms with E-state index >= 15 is 0 Å². The summed E-state index contributed by atoms with van der Waals surface area (Å²) in [4.78, 5) is 17.7. The average molecular weight is 559 g/mol. The molecule has 3 aliphatic rings. The number of benzene rings is 1. The number of nitrogens with zero attached hydrogens (tertiary/aromatic N) is 4. The van der Waals surface area contributed by atoms with Crippen LogP contribution in [0.15, 0.2) is 35.4 Å². The summed E-state index contributed by atoms with van der Waals surface area (Å²) in [6.45, 7) is 8.84. The number of amides is 1. The minimum Gasteiger partial charge on any atom is -0.497 e. The lowest BCUT2D eigenvalue weighted by Crippen LogP contribution is -2.49. The van der Waals surface area contributed by atoms with Gasteiger partial charge in [-0.05, 0) is 74.9 Å². The number of fused-ring (bicyclic) bond motifs is 1. The number of carbonyl (C=O) groups is 1. The van der Waals surface area contributed by atoms with Crippen LogP contribution in [0.1, 0.15) is 48.9 Å². The lowest BCUT2D eigenvalue weighted by atomic mass is 10.0. The van der Waals surface area contributed by atoms with E-state index in [0.29, 0.717) is 34.4 Å². The molecule has 0 N–H and O–H groups in total. The highest BCUT2D eigenvalue weighted by atomic mass is 32.2. The number of rotatable bonds is 8. The molecule has 0 radical (unpaired) electrons. The number of likely N-dealkylation sites (tertiary alicyclic amines) is 1. The molecular formula is C29H42N4O5S. The van der Waals surface area contributed by atoms with E-state index in [9.17, 15) is 13.2 Å². The molecule has 1 amide bonds. The average Bonchev–Trinajstić information content (AvgIpc) is 3.41. The molecule has 0 bridgehead atoms. The smallest absolute Gasteiger partial charge is 0.248 e. The molecule has 3 aliphatic heterocycles. The first-order valence-electron chi connectivity index (χ1n) is 14.2. The fraction of sp³-hybridized carbons (Fsp3) is 0.621. The molecule has 4 heterocycles. The Bertz CT molecular complexity index is 1250. The summed E-state index contributed by atoms with van der Waals surface area (Å²) in [5.41, 5.74) is 2.72. The van der Waals surface area contributed by atoms with Crippen molar-refractivity contribution in [2.24, 2.45) is 0 Å². The van der Waals surface area contributed by atoms with Crippen LogP contribution in [0.4, 0.5) is 0 Å². The normalized spacial score (nSPS) is 21.6. The van der Waals surface area contributed by atoms with Gasteiger partial charge in [-0.2, -0.15) is 4.31 Å². The molecular weight excluding hydrogens is 516 g/mol. The molecule has 9 nitrogen and oxygen atoms in total. The molecule has 0 spiro atoms. The maximum Gasteiger partial charge on any atom is 0.248 e. The van der Waals surface area contributed by atoms with E-state index in [1.165, 1.54) is 5.69 Å². The summed E-state index contributed by atoms with van der Waals surface area (Å²) in [5.74, 6) is 0.643. The summed E-state index contributed by atoms with van der Waals surface area (Å²) in [6, 6.07) is 8.06. The van der Waals surface area contributed by atoms with E-state index in [1.54, 1.807) is 23.5 Å². The highest BCUT2D eigenvalue weighted by molar-refractivity contribution is 7.89. The Kier molecular flexibility index (Phi) is 8.66. The first kappa shape index (κ1) is 28.1. The first-order chi connectivity index (χ1) is 18.8. The van der Waals surface area contributed by atoms with Crippen molar-refractivity contribution in [2.75, 3.05) is 46.5 Å².